The van der Waals surface area contributed by atoms with Crippen LogP contribution < -0.4 is 10.1 Å². The van der Waals surface area contributed by atoms with Crippen molar-refractivity contribution in [3.05, 3.63) is 54.1 Å². The van der Waals surface area contributed by atoms with Crippen molar-refractivity contribution in [2.45, 2.75) is 37.2 Å². The number of nitriles is 1. The van der Waals surface area contributed by atoms with Gasteiger partial charge in [-0.05, 0) is 69.3 Å². The molecule has 7 nitrogen and oxygen atoms in total. The minimum Gasteiger partial charge on any atom is -0.497 e. The van der Waals surface area contributed by atoms with Gasteiger partial charge in [-0.1, -0.05) is 11.8 Å². The highest BCUT2D eigenvalue weighted by molar-refractivity contribution is 8.00. The third kappa shape index (κ3) is 4.81. The van der Waals surface area contributed by atoms with E-state index in [1.165, 1.54) is 11.8 Å². The number of hydrogen-bond acceptors (Lipinski definition) is 6. The molecule has 0 saturated carbocycles. The molecule has 0 bridgehead atoms. The Morgan fingerprint density at radius 3 is 2.33 bits per heavy atom. The molecule has 2 aromatic carbocycles. The molecule has 1 aromatic heterocycles. The van der Waals surface area contributed by atoms with Crippen molar-refractivity contribution in [3.63, 3.8) is 0 Å². The lowest BCUT2D eigenvalue weighted by atomic mass is 10.2. The van der Waals surface area contributed by atoms with Crippen LogP contribution in [-0.4, -0.2) is 33.0 Å². The predicted molar refractivity (Wildman–Crippen MR) is 118 cm³/mol. The van der Waals surface area contributed by atoms with Gasteiger partial charge in [0.15, 0.2) is 11.0 Å². The second-order valence-electron chi connectivity index (χ2n) is 6.94. The van der Waals surface area contributed by atoms with Gasteiger partial charge in [0.25, 0.3) is 0 Å². The molecule has 0 aliphatic heterocycles. The molecular formula is C22H23N5O2S. The lowest BCUT2D eigenvalue weighted by molar-refractivity contribution is -0.115. The van der Waals surface area contributed by atoms with Gasteiger partial charge in [0.2, 0.25) is 5.91 Å². The Bertz CT molecular complexity index is 1050. The van der Waals surface area contributed by atoms with Gasteiger partial charge in [-0.3, -0.25) is 9.36 Å². The van der Waals surface area contributed by atoms with Crippen LogP contribution in [0.4, 0.5) is 5.69 Å². The highest BCUT2D eigenvalue weighted by Gasteiger charge is 2.22. The topological polar surface area (TPSA) is 92.8 Å². The Morgan fingerprint density at radius 1 is 1.10 bits per heavy atom. The number of anilines is 1. The van der Waals surface area contributed by atoms with Crippen LogP contribution >= 0.6 is 11.8 Å². The first kappa shape index (κ1) is 21.4. The number of hydrogen-bond donors (Lipinski definition) is 1. The average Bonchev–Trinajstić information content (AvgIpc) is 3.18. The zero-order chi connectivity index (χ0) is 21.7. The number of nitrogens with zero attached hydrogens (tertiary/aromatic N) is 4. The van der Waals surface area contributed by atoms with Gasteiger partial charge in [0, 0.05) is 17.3 Å². The van der Waals surface area contributed by atoms with E-state index in [2.05, 4.69) is 35.4 Å². The number of aromatic nitrogens is 3. The molecule has 3 rings (SSSR count). The largest absolute Gasteiger partial charge is 0.497 e. The first-order valence-corrected chi connectivity index (χ1v) is 10.4. The zero-order valence-electron chi connectivity index (χ0n) is 17.3. The Kier molecular flexibility index (Phi) is 6.75. The van der Waals surface area contributed by atoms with Crippen LogP contribution in [0.2, 0.25) is 0 Å². The Labute approximate surface area is 180 Å². The van der Waals surface area contributed by atoms with Crippen LogP contribution in [0.25, 0.3) is 11.4 Å². The molecule has 0 aliphatic carbocycles. The summed E-state index contributed by atoms with van der Waals surface area (Å²) in [5.74, 6) is 1.38. The van der Waals surface area contributed by atoms with Crippen LogP contribution in [0.3, 0.4) is 0 Å². The van der Waals surface area contributed by atoms with E-state index < -0.39 is 0 Å². The molecule has 0 fully saturated rings. The first-order valence-electron chi connectivity index (χ1n) is 9.50. The van der Waals surface area contributed by atoms with E-state index in [0.29, 0.717) is 16.4 Å². The predicted octanol–water partition coefficient (Wildman–Crippen LogP) is 4.53. The normalized spacial score (nSPS) is 11.7. The fourth-order valence-corrected chi connectivity index (χ4v) is 3.82. The Morgan fingerprint density at radius 2 is 1.77 bits per heavy atom. The molecule has 1 N–H and O–H groups in total. The molecule has 154 valence electrons. The Hall–Kier alpha value is -3.31. The summed E-state index contributed by atoms with van der Waals surface area (Å²) in [6, 6.07) is 16.6. The summed E-state index contributed by atoms with van der Waals surface area (Å²) in [7, 11) is 1.63. The zero-order valence-corrected chi connectivity index (χ0v) is 18.1. The van der Waals surface area contributed by atoms with Crippen molar-refractivity contribution in [1.82, 2.24) is 14.8 Å². The average molecular weight is 422 g/mol. The fraction of sp³-hybridized carbons (Fsp3) is 0.273. The number of thioether (sulfide) groups is 1. The summed E-state index contributed by atoms with van der Waals surface area (Å²) in [5, 5.41) is 20.8. The summed E-state index contributed by atoms with van der Waals surface area (Å²) in [5.41, 5.74) is 2.13. The van der Waals surface area contributed by atoms with E-state index in [0.717, 1.165) is 17.1 Å². The van der Waals surface area contributed by atoms with E-state index in [4.69, 9.17) is 10.00 Å². The van der Waals surface area contributed by atoms with Crippen LogP contribution in [-0.2, 0) is 4.79 Å². The van der Waals surface area contributed by atoms with Crippen LogP contribution in [0, 0.1) is 11.3 Å². The number of carbonyl (C=O) groups is 1. The second-order valence-corrected chi connectivity index (χ2v) is 8.24. The number of nitrogens with one attached hydrogen (secondary N) is 1. The van der Waals surface area contributed by atoms with Crippen LogP contribution in [0.1, 0.15) is 32.4 Å². The smallest absolute Gasteiger partial charge is 0.237 e. The van der Waals surface area contributed by atoms with Crippen LogP contribution in [0.5, 0.6) is 5.75 Å². The van der Waals surface area contributed by atoms with Crippen molar-refractivity contribution in [1.29, 1.82) is 5.26 Å². The van der Waals surface area contributed by atoms with E-state index in [9.17, 15) is 4.79 Å². The molecule has 1 heterocycles. The maximum Gasteiger partial charge on any atom is 0.237 e. The highest BCUT2D eigenvalue weighted by Crippen LogP contribution is 2.31. The summed E-state index contributed by atoms with van der Waals surface area (Å²) < 4.78 is 7.25. The SMILES string of the molecule is COc1ccc(-c2nnc(S[C@H](C)C(=O)Nc3ccc(C#N)cc3)n2C(C)C)cc1. The molecule has 0 aliphatic rings. The quantitative estimate of drug-likeness (QED) is 0.564. The number of benzene rings is 2. The maximum absolute atomic E-state index is 12.6. The molecular weight excluding hydrogens is 398 g/mol. The molecule has 3 aromatic rings. The number of amides is 1. The van der Waals surface area contributed by atoms with E-state index in [1.54, 1.807) is 31.4 Å². The molecule has 1 amide bonds. The Balaban J connectivity index is 1.77. The van der Waals surface area contributed by atoms with Crippen molar-refractivity contribution >= 4 is 23.4 Å². The van der Waals surface area contributed by atoms with Crippen molar-refractivity contribution in [2.24, 2.45) is 0 Å². The molecule has 0 spiro atoms. The van der Waals surface area contributed by atoms with Crippen LogP contribution in [0.15, 0.2) is 53.7 Å². The molecule has 1 atom stereocenters. The van der Waals surface area contributed by atoms with E-state index >= 15 is 0 Å². The van der Waals surface area contributed by atoms with Gasteiger partial charge in [-0.2, -0.15) is 5.26 Å². The lowest BCUT2D eigenvalue weighted by Gasteiger charge is -2.16. The summed E-state index contributed by atoms with van der Waals surface area (Å²) in [6.07, 6.45) is 0. The van der Waals surface area contributed by atoms with Gasteiger partial charge in [-0.15, -0.1) is 10.2 Å². The lowest BCUT2D eigenvalue weighted by Crippen LogP contribution is -2.23. The third-order valence-corrected chi connectivity index (χ3v) is 5.52. The van der Waals surface area contributed by atoms with Crippen molar-refractivity contribution < 1.29 is 9.53 Å². The minimum absolute atomic E-state index is 0.119. The van der Waals surface area contributed by atoms with Gasteiger partial charge < -0.3 is 10.1 Å². The van der Waals surface area contributed by atoms with Crippen molar-refractivity contribution in [2.75, 3.05) is 12.4 Å². The van der Waals surface area contributed by atoms with Gasteiger partial charge in [0.05, 0.1) is 24.0 Å². The second kappa shape index (κ2) is 9.46. The third-order valence-electron chi connectivity index (χ3n) is 4.46. The standard InChI is InChI=1S/C22H23N5O2S/c1-14(2)27-20(17-7-11-19(29-4)12-8-17)25-26-22(27)30-15(3)21(28)24-18-9-5-16(13-23)6-10-18/h5-12,14-15H,1-4H3,(H,24,28)/t15-/m1/s1. The number of rotatable bonds is 7. The molecule has 0 radical (unpaired) electrons. The first-order chi connectivity index (χ1) is 14.4. The van der Waals surface area contributed by atoms with E-state index in [1.807, 2.05) is 35.8 Å². The highest BCUT2D eigenvalue weighted by atomic mass is 32.2. The number of methoxy groups -OCH3 is 1. The number of carbonyl (C=O) groups excluding carboxylic acids is 1. The molecule has 8 heteroatoms. The maximum atomic E-state index is 12.6. The summed E-state index contributed by atoms with van der Waals surface area (Å²) in [6.45, 7) is 5.94. The summed E-state index contributed by atoms with van der Waals surface area (Å²) >= 11 is 1.36. The van der Waals surface area contributed by atoms with Gasteiger partial charge in [0.1, 0.15) is 5.75 Å². The number of ether oxygens (including phenoxy) is 1. The monoisotopic (exact) mass is 421 g/mol. The summed E-state index contributed by atoms with van der Waals surface area (Å²) in [4.78, 5) is 12.6. The van der Waals surface area contributed by atoms with Crippen molar-refractivity contribution in [3.8, 4) is 23.2 Å². The molecule has 0 saturated heterocycles. The minimum atomic E-state index is -0.383. The van der Waals surface area contributed by atoms with Gasteiger partial charge in [-0.25, -0.2) is 0 Å². The fourth-order valence-electron chi connectivity index (χ4n) is 2.84. The molecule has 0 unspecified atom stereocenters. The molecule has 30 heavy (non-hydrogen) atoms. The van der Waals surface area contributed by atoms with Gasteiger partial charge >= 0.3 is 0 Å². The van der Waals surface area contributed by atoms with E-state index in [-0.39, 0.29) is 17.2 Å².